The zero-order valence-electron chi connectivity index (χ0n) is 15.7. The van der Waals surface area contributed by atoms with Crippen LogP contribution >= 0.6 is 11.8 Å². The molecule has 5 unspecified atom stereocenters. The molecule has 0 radical (unpaired) electrons. The predicted octanol–water partition coefficient (Wildman–Crippen LogP) is 2.99. The molecule has 0 bridgehead atoms. The van der Waals surface area contributed by atoms with Crippen LogP contribution in [0.25, 0.3) is 0 Å². The van der Waals surface area contributed by atoms with Gasteiger partial charge in [0.05, 0.1) is 6.17 Å². The number of nitrogens with one attached hydrogen (secondary N) is 3. The molecule has 3 fully saturated rings. The van der Waals surface area contributed by atoms with Gasteiger partial charge in [-0.2, -0.15) is 5.06 Å². The minimum atomic E-state index is 0.323. The molecule has 0 amide bonds. The van der Waals surface area contributed by atoms with Gasteiger partial charge in [0.25, 0.3) is 0 Å². The van der Waals surface area contributed by atoms with Crippen molar-refractivity contribution in [2.24, 2.45) is 0 Å². The second kappa shape index (κ2) is 8.59. The Balaban J connectivity index is 1.31. The highest BCUT2D eigenvalue weighted by Crippen LogP contribution is 2.31. The Kier molecular flexibility index (Phi) is 6.18. The van der Waals surface area contributed by atoms with E-state index in [1.807, 2.05) is 11.8 Å². The second-order valence-corrected chi connectivity index (χ2v) is 9.21. The van der Waals surface area contributed by atoms with Crippen molar-refractivity contribution < 1.29 is 5.21 Å². The lowest BCUT2D eigenvalue weighted by Crippen LogP contribution is -2.54. The van der Waals surface area contributed by atoms with E-state index in [1.54, 1.807) is 0 Å². The van der Waals surface area contributed by atoms with Gasteiger partial charge in [0.1, 0.15) is 5.50 Å². The summed E-state index contributed by atoms with van der Waals surface area (Å²) in [4.78, 5) is 0. The van der Waals surface area contributed by atoms with Crippen LogP contribution in [0.5, 0.6) is 0 Å². The van der Waals surface area contributed by atoms with Crippen LogP contribution in [0, 0.1) is 0 Å². The number of benzene rings is 1. The first-order valence-electron chi connectivity index (χ1n) is 10.1. The highest BCUT2D eigenvalue weighted by Gasteiger charge is 2.29. The topological polar surface area (TPSA) is 59.6 Å². The van der Waals surface area contributed by atoms with Gasteiger partial charge in [-0.05, 0) is 56.1 Å². The average Bonchev–Trinajstić information content (AvgIpc) is 3.10. The van der Waals surface area contributed by atoms with E-state index in [1.165, 1.54) is 41.9 Å². The number of rotatable bonds is 4. The molecule has 3 saturated heterocycles. The largest absolute Gasteiger partial charge is 0.314 e. The molecule has 0 saturated carbocycles. The molecular weight excluding hydrogens is 344 g/mol. The van der Waals surface area contributed by atoms with Gasteiger partial charge in [-0.1, -0.05) is 24.3 Å². The van der Waals surface area contributed by atoms with Crippen molar-refractivity contribution in [1.29, 1.82) is 0 Å². The van der Waals surface area contributed by atoms with Crippen molar-refractivity contribution in [2.45, 2.75) is 68.7 Å². The van der Waals surface area contributed by atoms with Crippen molar-refractivity contribution in [3.05, 3.63) is 35.4 Å². The average molecular weight is 377 g/mol. The quantitative estimate of drug-likeness (QED) is 0.648. The molecule has 4 N–H and O–H groups in total. The third kappa shape index (κ3) is 4.61. The lowest BCUT2D eigenvalue weighted by Gasteiger charge is -2.31. The van der Waals surface area contributed by atoms with Crippen molar-refractivity contribution in [1.82, 2.24) is 21.0 Å². The molecule has 3 aliphatic rings. The molecule has 0 aliphatic carbocycles. The van der Waals surface area contributed by atoms with Crippen molar-refractivity contribution in [3.63, 3.8) is 0 Å². The maximum absolute atomic E-state index is 9.76. The summed E-state index contributed by atoms with van der Waals surface area (Å²) in [7, 11) is 0. The summed E-state index contributed by atoms with van der Waals surface area (Å²) in [6.45, 7) is 3.84. The van der Waals surface area contributed by atoms with E-state index >= 15 is 0 Å². The van der Waals surface area contributed by atoms with Crippen LogP contribution in [0.15, 0.2) is 24.3 Å². The van der Waals surface area contributed by atoms with Crippen LogP contribution in [0.4, 0.5) is 0 Å². The fraction of sp³-hybridized carbons (Fsp3) is 0.700. The van der Waals surface area contributed by atoms with Gasteiger partial charge in [-0.25, -0.2) is 0 Å². The zero-order chi connectivity index (χ0) is 17.9. The molecule has 3 heterocycles. The van der Waals surface area contributed by atoms with E-state index in [0.717, 1.165) is 25.3 Å². The Labute approximate surface area is 161 Å². The summed E-state index contributed by atoms with van der Waals surface area (Å²) in [5.41, 5.74) is 3.05. The first-order valence-corrected chi connectivity index (χ1v) is 11.2. The van der Waals surface area contributed by atoms with Gasteiger partial charge in [-0.15, -0.1) is 11.8 Å². The van der Waals surface area contributed by atoms with E-state index in [4.69, 9.17) is 0 Å². The predicted molar refractivity (Wildman–Crippen MR) is 107 cm³/mol. The maximum Gasteiger partial charge on any atom is 0.107 e. The Morgan fingerprint density at radius 1 is 1.08 bits per heavy atom. The minimum absolute atomic E-state index is 0.323. The van der Waals surface area contributed by atoms with Gasteiger partial charge in [0, 0.05) is 30.9 Å². The van der Waals surface area contributed by atoms with E-state index in [2.05, 4.69) is 47.1 Å². The minimum Gasteiger partial charge on any atom is -0.314 e. The van der Waals surface area contributed by atoms with Crippen LogP contribution in [-0.4, -0.2) is 46.8 Å². The summed E-state index contributed by atoms with van der Waals surface area (Å²) in [5.74, 6) is 1.56. The van der Waals surface area contributed by atoms with Crippen LogP contribution < -0.4 is 16.0 Å². The fourth-order valence-corrected chi connectivity index (χ4v) is 5.64. The number of hydroxylamine groups is 2. The van der Waals surface area contributed by atoms with Crippen molar-refractivity contribution in [2.75, 3.05) is 18.8 Å². The van der Waals surface area contributed by atoms with Crippen molar-refractivity contribution in [3.8, 4) is 0 Å². The van der Waals surface area contributed by atoms with Gasteiger partial charge >= 0.3 is 0 Å². The molecule has 1 aromatic rings. The normalized spacial score (nSPS) is 36.3. The molecule has 1 aromatic carbocycles. The monoisotopic (exact) mass is 376 g/mol. The second-order valence-electron chi connectivity index (χ2n) is 8.07. The number of hydrogen-bond acceptors (Lipinski definition) is 6. The number of piperidine rings is 2. The van der Waals surface area contributed by atoms with Crippen LogP contribution in [0.1, 0.15) is 62.1 Å². The number of hydrogen-bond donors (Lipinski definition) is 4. The Morgan fingerprint density at radius 3 is 2.65 bits per heavy atom. The van der Waals surface area contributed by atoms with Gasteiger partial charge in [-0.3, -0.25) is 16.0 Å². The molecule has 0 aromatic heterocycles. The summed E-state index contributed by atoms with van der Waals surface area (Å²) in [6.07, 6.45) is 6.48. The molecule has 6 heteroatoms. The summed E-state index contributed by atoms with van der Waals surface area (Å²) < 4.78 is 0. The summed E-state index contributed by atoms with van der Waals surface area (Å²) in [5, 5.41) is 22.3. The van der Waals surface area contributed by atoms with Gasteiger partial charge < -0.3 is 5.21 Å². The number of nitrogens with zero attached hydrogens (tertiary/aromatic N) is 1. The molecule has 144 valence electrons. The molecular formula is C20H32N4OS. The Morgan fingerprint density at radius 2 is 1.88 bits per heavy atom. The standard InChI is InChI=1S/C20H32N4OS/c1-14-4-2-6-19(21-14)23-20-22-18(13-26-20)16-9-7-15(8-10-16)17-5-3-11-24(25)12-17/h7-10,14,17-23,25H,2-6,11-13H2,1H3. The van der Waals surface area contributed by atoms with Crippen LogP contribution in [0.3, 0.4) is 0 Å². The smallest absolute Gasteiger partial charge is 0.107 e. The third-order valence-corrected chi connectivity index (χ3v) is 7.09. The lowest BCUT2D eigenvalue weighted by molar-refractivity contribution is -0.108. The summed E-state index contributed by atoms with van der Waals surface area (Å²) in [6, 6.07) is 10.1. The van der Waals surface area contributed by atoms with Crippen molar-refractivity contribution >= 4 is 11.8 Å². The molecule has 26 heavy (non-hydrogen) atoms. The first-order chi connectivity index (χ1) is 12.7. The van der Waals surface area contributed by atoms with Crippen LogP contribution in [-0.2, 0) is 0 Å². The third-order valence-electron chi connectivity index (χ3n) is 5.96. The lowest BCUT2D eigenvalue weighted by atomic mass is 9.90. The number of thioether (sulfide) groups is 1. The van der Waals surface area contributed by atoms with E-state index in [0.29, 0.717) is 29.7 Å². The van der Waals surface area contributed by atoms with E-state index < -0.39 is 0 Å². The van der Waals surface area contributed by atoms with Gasteiger partial charge in [0.2, 0.25) is 0 Å². The molecule has 5 atom stereocenters. The fourth-order valence-electron chi connectivity index (χ4n) is 4.44. The molecule has 0 spiro atoms. The van der Waals surface area contributed by atoms with Crippen LogP contribution in [0.2, 0.25) is 0 Å². The molecule has 5 nitrogen and oxygen atoms in total. The maximum atomic E-state index is 9.76. The molecule has 3 aliphatic heterocycles. The molecule has 4 rings (SSSR count). The first kappa shape index (κ1) is 18.7. The van der Waals surface area contributed by atoms with E-state index in [9.17, 15) is 5.21 Å². The zero-order valence-corrected chi connectivity index (χ0v) is 16.5. The summed E-state index contributed by atoms with van der Waals surface area (Å²) >= 11 is 1.97. The van der Waals surface area contributed by atoms with Gasteiger partial charge in [0.15, 0.2) is 0 Å². The Hall–Kier alpha value is -0.630. The van der Waals surface area contributed by atoms with E-state index in [-0.39, 0.29) is 0 Å². The SMILES string of the molecule is CC1CCCC(NC2NC(c3ccc(C4CCCN(O)C4)cc3)CS2)N1. The highest BCUT2D eigenvalue weighted by molar-refractivity contribution is 8.00. The Bertz CT molecular complexity index is 584. The highest BCUT2D eigenvalue weighted by atomic mass is 32.2.